The van der Waals surface area contributed by atoms with Gasteiger partial charge < -0.3 is 0 Å². The summed E-state index contributed by atoms with van der Waals surface area (Å²) in [6.45, 7) is 9.19. The van der Waals surface area contributed by atoms with Crippen molar-refractivity contribution in [2.45, 2.75) is 78.7 Å². The van der Waals surface area contributed by atoms with Crippen LogP contribution in [0.2, 0.25) is 0 Å². The van der Waals surface area contributed by atoms with E-state index in [1.54, 1.807) is 11.1 Å². The summed E-state index contributed by atoms with van der Waals surface area (Å²) in [5.74, 6) is 0. The van der Waals surface area contributed by atoms with Gasteiger partial charge in [-0.3, -0.25) is 4.99 Å². The van der Waals surface area contributed by atoms with E-state index in [1.165, 1.54) is 72.9 Å². The molecule has 1 fully saturated rings. The van der Waals surface area contributed by atoms with Crippen LogP contribution in [0.4, 0.5) is 0 Å². The van der Waals surface area contributed by atoms with Crippen LogP contribution in [-0.2, 0) is 6.42 Å². The van der Waals surface area contributed by atoms with Gasteiger partial charge in [0, 0.05) is 5.71 Å². The highest BCUT2D eigenvalue weighted by molar-refractivity contribution is 5.86. The van der Waals surface area contributed by atoms with E-state index in [0.717, 1.165) is 0 Å². The molecule has 20 heavy (non-hydrogen) atoms. The van der Waals surface area contributed by atoms with E-state index >= 15 is 0 Å². The first-order valence-corrected chi connectivity index (χ1v) is 8.24. The molecule has 0 aliphatic heterocycles. The van der Waals surface area contributed by atoms with Gasteiger partial charge in [0.05, 0.1) is 6.04 Å². The molecule has 0 amide bonds. The molecule has 0 bridgehead atoms. The molecule has 1 aromatic carbocycles. The first-order valence-electron chi connectivity index (χ1n) is 8.24. The molecule has 1 saturated carbocycles. The first kappa shape index (κ1) is 13.9. The van der Waals surface area contributed by atoms with Crippen LogP contribution in [0, 0.1) is 27.7 Å². The predicted molar refractivity (Wildman–Crippen MR) is 87.0 cm³/mol. The quantitative estimate of drug-likeness (QED) is 0.655. The summed E-state index contributed by atoms with van der Waals surface area (Å²) in [5, 5.41) is 0. The third-order valence-electron chi connectivity index (χ3n) is 5.63. The van der Waals surface area contributed by atoms with Gasteiger partial charge in [0.2, 0.25) is 0 Å². The van der Waals surface area contributed by atoms with Crippen LogP contribution in [0.5, 0.6) is 0 Å². The van der Waals surface area contributed by atoms with Gasteiger partial charge in [-0.25, -0.2) is 0 Å². The molecule has 1 unspecified atom stereocenters. The number of hydrogen-bond donors (Lipinski definition) is 0. The van der Waals surface area contributed by atoms with E-state index in [-0.39, 0.29) is 0 Å². The molecule has 0 spiro atoms. The molecule has 0 heterocycles. The Hall–Kier alpha value is -1.11. The van der Waals surface area contributed by atoms with Crippen molar-refractivity contribution < 1.29 is 0 Å². The van der Waals surface area contributed by atoms with Crippen LogP contribution < -0.4 is 0 Å². The molecule has 1 nitrogen and oxygen atoms in total. The molecule has 1 atom stereocenters. The first-order chi connectivity index (χ1) is 9.59. The van der Waals surface area contributed by atoms with Crippen molar-refractivity contribution in [1.82, 2.24) is 0 Å². The predicted octanol–water partition coefficient (Wildman–Crippen LogP) is 5.31. The summed E-state index contributed by atoms with van der Waals surface area (Å²) in [5.41, 5.74) is 10.7. The molecule has 2 aliphatic rings. The topological polar surface area (TPSA) is 12.4 Å². The molecule has 2 aliphatic carbocycles. The number of fused-ring (bicyclic) bond motifs is 1. The maximum atomic E-state index is 5.17. The van der Waals surface area contributed by atoms with E-state index < -0.39 is 0 Å². The monoisotopic (exact) mass is 269 g/mol. The lowest BCUT2D eigenvalue weighted by molar-refractivity contribution is 0.565. The summed E-state index contributed by atoms with van der Waals surface area (Å²) in [4.78, 5) is 5.17. The number of benzene rings is 1. The Kier molecular flexibility index (Phi) is 3.70. The summed E-state index contributed by atoms with van der Waals surface area (Å²) >= 11 is 0. The average molecular weight is 269 g/mol. The lowest BCUT2D eigenvalue weighted by Crippen LogP contribution is -2.15. The van der Waals surface area contributed by atoms with Crippen molar-refractivity contribution in [3.63, 3.8) is 0 Å². The van der Waals surface area contributed by atoms with Crippen LogP contribution in [0.3, 0.4) is 0 Å². The van der Waals surface area contributed by atoms with Crippen molar-refractivity contribution >= 4 is 5.71 Å². The molecule has 0 radical (unpaired) electrons. The average Bonchev–Trinajstić information content (AvgIpc) is 2.95. The van der Waals surface area contributed by atoms with E-state index in [1.807, 2.05) is 0 Å². The Morgan fingerprint density at radius 2 is 1.40 bits per heavy atom. The van der Waals surface area contributed by atoms with Gasteiger partial charge in [0.15, 0.2) is 0 Å². The second-order valence-corrected chi connectivity index (χ2v) is 6.70. The van der Waals surface area contributed by atoms with Gasteiger partial charge in [0.25, 0.3) is 0 Å². The second-order valence-electron chi connectivity index (χ2n) is 6.70. The number of hydrogen-bond acceptors (Lipinski definition) is 1. The number of nitrogens with zero attached hydrogens (tertiary/aromatic N) is 1. The second kappa shape index (κ2) is 5.35. The van der Waals surface area contributed by atoms with Gasteiger partial charge in [-0.2, -0.15) is 0 Å². The minimum atomic E-state index is 0.449. The van der Waals surface area contributed by atoms with Gasteiger partial charge >= 0.3 is 0 Å². The van der Waals surface area contributed by atoms with Crippen molar-refractivity contribution in [3.05, 3.63) is 33.4 Å². The van der Waals surface area contributed by atoms with Crippen LogP contribution in [-0.4, -0.2) is 5.71 Å². The zero-order chi connectivity index (χ0) is 14.3. The van der Waals surface area contributed by atoms with Gasteiger partial charge in [-0.1, -0.05) is 0 Å². The van der Waals surface area contributed by atoms with E-state index in [0.29, 0.717) is 6.04 Å². The van der Waals surface area contributed by atoms with E-state index in [9.17, 15) is 0 Å². The summed E-state index contributed by atoms with van der Waals surface area (Å²) in [6, 6.07) is 0.449. The van der Waals surface area contributed by atoms with Crippen molar-refractivity contribution in [2.75, 3.05) is 0 Å². The van der Waals surface area contributed by atoms with Crippen molar-refractivity contribution in [2.24, 2.45) is 4.99 Å². The Bertz CT molecular complexity index is 558. The SMILES string of the molecule is Cc1c(C)c(C)c2c(c1C)CCCC2N=C1CCCC1. The molecular weight excluding hydrogens is 242 g/mol. The maximum Gasteiger partial charge on any atom is 0.0753 e. The van der Waals surface area contributed by atoms with E-state index in [2.05, 4.69) is 27.7 Å². The molecule has 0 saturated heterocycles. The molecule has 1 heteroatoms. The van der Waals surface area contributed by atoms with Gasteiger partial charge in [-0.15, -0.1) is 0 Å². The largest absolute Gasteiger partial charge is 0.286 e. The minimum Gasteiger partial charge on any atom is -0.286 e. The summed E-state index contributed by atoms with van der Waals surface area (Å²) in [6.07, 6.45) is 9.00. The zero-order valence-corrected chi connectivity index (χ0v) is 13.5. The Morgan fingerprint density at radius 1 is 0.750 bits per heavy atom. The highest BCUT2D eigenvalue weighted by Gasteiger charge is 2.26. The molecule has 0 N–H and O–H groups in total. The molecule has 0 aromatic heterocycles. The van der Waals surface area contributed by atoms with Crippen molar-refractivity contribution in [1.29, 1.82) is 0 Å². The van der Waals surface area contributed by atoms with Crippen LogP contribution in [0.15, 0.2) is 4.99 Å². The fourth-order valence-corrected chi connectivity index (χ4v) is 4.07. The van der Waals surface area contributed by atoms with Crippen LogP contribution in [0.1, 0.15) is 77.9 Å². The number of aliphatic imine (C=N–C) groups is 1. The molecule has 108 valence electrons. The Morgan fingerprint density at radius 3 is 2.10 bits per heavy atom. The van der Waals surface area contributed by atoms with Gasteiger partial charge in [0.1, 0.15) is 0 Å². The highest BCUT2D eigenvalue weighted by atomic mass is 14.8. The lowest BCUT2D eigenvalue weighted by atomic mass is 9.79. The van der Waals surface area contributed by atoms with Gasteiger partial charge in [-0.05, 0) is 106 Å². The molecular formula is C19H27N. The normalized spacial score (nSPS) is 22.0. The number of rotatable bonds is 1. The fraction of sp³-hybridized carbons (Fsp3) is 0.632. The molecule has 3 rings (SSSR count). The van der Waals surface area contributed by atoms with Crippen LogP contribution in [0.25, 0.3) is 0 Å². The third kappa shape index (κ3) is 2.21. The summed E-state index contributed by atoms with van der Waals surface area (Å²) in [7, 11) is 0. The standard InChI is InChI=1S/C19H27N/c1-12-13(2)15(4)19-17(14(12)3)10-7-11-18(19)20-16-8-5-6-9-16/h18H,5-11H2,1-4H3. The van der Waals surface area contributed by atoms with Crippen molar-refractivity contribution in [3.8, 4) is 0 Å². The fourth-order valence-electron chi connectivity index (χ4n) is 4.07. The Balaban J connectivity index is 2.10. The zero-order valence-electron chi connectivity index (χ0n) is 13.5. The third-order valence-corrected chi connectivity index (χ3v) is 5.63. The Labute approximate surface area is 123 Å². The summed E-state index contributed by atoms with van der Waals surface area (Å²) < 4.78 is 0. The highest BCUT2D eigenvalue weighted by Crippen LogP contribution is 2.40. The van der Waals surface area contributed by atoms with Crippen LogP contribution >= 0.6 is 0 Å². The maximum absolute atomic E-state index is 5.17. The molecule has 1 aromatic rings. The smallest absolute Gasteiger partial charge is 0.0753 e. The van der Waals surface area contributed by atoms with E-state index in [4.69, 9.17) is 4.99 Å². The minimum absolute atomic E-state index is 0.449. The lowest BCUT2D eigenvalue weighted by Gasteiger charge is -2.29.